The van der Waals surface area contributed by atoms with E-state index in [0.29, 0.717) is 10.6 Å². The zero-order chi connectivity index (χ0) is 17.9. The van der Waals surface area contributed by atoms with Gasteiger partial charge in [0, 0.05) is 10.6 Å². The first-order chi connectivity index (χ1) is 11.2. The van der Waals surface area contributed by atoms with Crippen LogP contribution in [-0.2, 0) is 5.41 Å². The van der Waals surface area contributed by atoms with Crippen LogP contribution in [0.3, 0.4) is 0 Å². The van der Waals surface area contributed by atoms with Gasteiger partial charge in [-0.15, -0.1) is 0 Å². The number of amides is 2. The second-order valence-electron chi connectivity index (χ2n) is 6.36. The lowest BCUT2D eigenvalue weighted by molar-refractivity contribution is 0.0846. The van der Waals surface area contributed by atoms with E-state index in [9.17, 15) is 9.59 Å². The van der Waals surface area contributed by atoms with Crippen LogP contribution in [0.1, 0.15) is 47.1 Å². The van der Waals surface area contributed by atoms with Crippen molar-refractivity contribution >= 4 is 35.0 Å². The van der Waals surface area contributed by atoms with Crippen LogP contribution in [-0.4, -0.2) is 11.8 Å². The van der Waals surface area contributed by atoms with Crippen molar-refractivity contribution in [3.63, 3.8) is 0 Å². The molecule has 4 nitrogen and oxygen atoms in total. The minimum Gasteiger partial charge on any atom is -0.267 e. The van der Waals surface area contributed by atoms with Crippen LogP contribution < -0.4 is 10.9 Å². The Kier molecular flexibility index (Phi) is 5.52. The first-order valence-electron chi connectivity index (χ1n) is 7.35. The molecule has 2 aromatic rings. The average molecular weight is 365 g/mol. The number of benzene rings is 2. The van der Waals surface area contributed by atoms with Crippen molar-refractivity contribution in [1.82, 2.24) is 10.9 Å². The summed E-state index contributed by atoms with van der Waals surface area (Å²) < 4.78 is 0. The minimum atomic E-state index is -0.517. The maximum absolute atomic E-state index is 12.1. The largest absolute Gasteiger partial charge is 0.271 e. The van der Waals surface area contributed by atoms with E-state index in [1.54, 1.807) is 18.2 Å². The third kappa shape index (κ3) is 4.49. The average Bonchev–Trinajstić information content (AvgIpc) is 2.51. The van der Waals surface area contributed by atoms with Crippen LogP contribution in [0.15, 0.2) is 42.5 Å². The molecule has 0 heterocycles. The van der Waals surface area contributed by atoms with Crippen LogP contribution in [0.4, 0.5) is 0 Å². The fourth-order valence-electron chi connectivity index (χ4n) is 2.05. The van der Waals surface area contributed by atoms with Gasteiger partial charge in [0.2, 0.25) is 0 Å². The molecule has 0 aliphatic rings. The van der Waals surface area contributed by atoms with Gasteiger partial charge < -0.3 is 0 Å². The third-order valence-corrected chi connectivity index (χ3v) is 4.03. The molecule has 0 fully saturated rings. The summed E-state index contributed by atoms with van der Waals surface area (Å²) in [4.78, 5) is 24.1. The van der Waals surface area contributed by atoms with E-state index in [1.165, 1.54) is 12.1 Å². The Morgan fingerprint density at radius 1 is 0.875 bits per heavy atom. The van der Waals surface area contributed by atoms with Crippen LogP contribution >= 0.6 is 23.2 Å². The summed E-state index contributed by atoms with van der Waals surface area (Å²) in [6.07, 6.45) is 0. The number of hydrogen-bond donors (Lipinski definition) is 2. The molecule has 0 radical (unpaired) electrons. The quantitative estimate of drug-likeness (QED) is 0.777. The summed E-state index contributed by atoms with van der Waals surface area (Å²) in [5.41, 5.74) is 6.51. The lowest BCUT2D eigenvalue weighted by Crippen LogP contribution is -2.41. The molecule has 126 valence electrons. The molecule has 2 amide bonds. The van der Waals surface area contributed by atoms with Crippen LogP contribution in [0.2, 0.25) is 10.0 Å². The molecule has 0 aliphatic carbocycles. The highest BCUT2D eigenvalue weighted by atomic mass is 35.5. The number of carbonyl (C=O) groups is 2. The Morgan fingerprint density at radius 2 is 1.46 bits per heavy atom. The molecule has 0 aromatic heterocycles. The van der Waals surface area contributed by atoms with Crippen molar-refractivity contribution in [2.45, 2.75) is 26.2 Å². The molecular weight excluding hydrogens is 347 g/mol. The minimum absolute atomic E-state index is 0.00849. The summed E-state index contributed by atoms with van der Waals surface area (Å²) >= 11 is 11.7. The summed E-state index contributed by atoms with van der Waals surface area (Å²) in [7, 11) is 0. The molecule has 24 heavy (non-hydrogen) atoms. The number of halogens is 2. The molecule has 0 aliphatic heterocycles. The number of rotatable bonds is 2. The molecular formula is C18H18Cl2N2O2. The molecule has 0 saturated carbocycles. The molecule has 0 spiro atoms. The summed E-state index contributed by atoms with van der Waals surface area (Å²) in [5.74, 6) is -0.926. The zero-order valence-corrected chi connectivity index (χ0v) is 15.1. The van der Waals surface area contributed by atoms with E-state index in [2.05, 4.69) is 31.6 Å². The van der Waals surface area contributed by atoms with Crippen molar-refractivity contribution in [2.75, 3.05) is 0 Å². The van der Waals surface area contributed by atoms with Crippen molar-refractivity contribution < 1.29 is 9.59 Å². The van der Waals surface area contributed by atoms with Crippen molar-refractivity contribution in [1.29, 1.82) is 0 Å². The van der Waals surface area contributed by atoms with Gasteiger partial charge in [-0.3, -0.25) is 20.4 Å². The van der Waals surface area contributed by atoms with Crippen LogP contribution in [0.25, 0.3) is 0 Å². The van der Waals surface area contributed by atoms with Gasteiger partial charge in [0.05, 0.1) is 10.6 Å². The smallest absolute Gasteiger partial charge is 0.267 e. The van der Waals surface area contributed by atoms with Gasteiger partial charge in [-0.1, -0.05) is 56.1 Å². The SMILES string of the molecule is CC(C)(C)c1ccc(C(=O)NNC(=O)c2ccc(Cl)cc2Cl)cc1. The van der Waals surface area contributed by atoms with E-state index >= 15 is 0 Å². The summed E-state index contributed by atoms with van der Waals surface area (Å²) in [5, 5.41) is 0.642. The maximum Gasteiger partial charge on any atom is 0.271 e. The van der Waals surface area contributed by atoms with Gasteiger partial charge in [-0.2, -0.15) is 0 Å². The van der Waals surface area contributed by atoms with E-state index in [1.807, 2.05) is 12.1 Å². The van der Waals surface area contributed by atoms with Gasteiger partial charge in [0.1, 0.15) is 0 Å². The monoisotopic (exact) mass is 364 g/mol. The Hall–Kier alpha value is -2.04. The van der Waals surface area contributed by atoms with E-state index in [-0.39, 0.29) is 16.0 Å². The maximum atomic E-state index is 12.1. The molecule has 0 atom stereocenters. The van der Waals surface area contributed by atoms with Gasteiger partial charge in [-0.05, 0) is 41.3 Å². The van der Waals surface area contributed by atoms with Gasteiger partial charge in [0.25, 0.3) is 11.8 Å². The molecule has 6 heteroatoms. The van der Waals surface area contributed by atoms with Crippen molar-refractivity contribution in [2.24, 2.45) is 0 Å². The van der Waals surface area contributed by atoms with Crippen molar-refractivity contribution in [3.05, 3.63) is 69.2 Å². The van der Waals surface area contributed by atoms with Crippen LogP contribution in [0.5, 0.6) is 0 Å². The highest BCUT2D eigenvalue weighted by Crippen LogP contribution is 2.22. The second-order valence-corrected chi connectivity index (χ2v) is 7.20. The number of hydrogen-bond acceptors (Lipinski definition) is 2. The van der Waals surface area contributed by atoms with Gasteiger partial charge >= 0.3 is 0 Å². The Balaban J connectivity index is 2.01. The summed E-state index contributed by atoms with van der Waals surface area (Å²) in [6, 6.07) is 11.7. The second kappa shape index (κ2) is 7.24. The first-order valence-corrected chi connectivity index (χ1v) is 8.10. The fourth-order valence-corrected chi connectivity index (χ4v) is 2.54. The predicted molar refractivity (Wildman–Crippen MR) is 96.5 cm³/mol. The molecule has 2 aromatic carbocycles. The first kappa shape index (κ1) is 18.3. The molecule has 2 N–H and O–H groups in total. The predicted octanol–water partition coefficient (Wildman–Crippen LogP) is 4.37. The molecule has 0 bridgehead atoms. The lowest BCUT2D eigenvalue weighted by atomic mass is 9.87. The van der Waals surface area contributed by atoms with Gasteiger partial charge in [-0.25, -0.2) is 0 Å². The number of carbonyl (C=O) groups excluding carboxylic acids is 2. The normalized spacial score (nSPS) is 11.0. The highest BCUT2D eigenvalue weighted by Gasteiger charge is 2.15. The van der Waals surface area contributed by atoms with Crippen LogP contribution in [0, 0.1) is 0 Å². The van der Waals surface area contributed by atoms with E-state index in [0.717, 1.165) is 5.56 Å². The van der Waals surface area contributed by atoms with E-state index < -0.39 is 11.8 Å². The fraction of sp³-hybridized carbons (Fsp3) is 0.222. The Bertz CT molecular complexity index is 766. The van der Waals surface area contributed by atoms with E-state index in [4.69, 9.17) is 23.2 Å². The zero-order valence-electron chi connectivity index (χ0n) is 13.6. The molecule has 0 saturated heterocycles. The standard InChI is InChI=1S/C18H18Cl2N2O2/c1-18(2,3)12-6-4-11(5-7-12)16(23)21-22-17(24)14-9-8-13(19)10-15(14)20/h4-10H,1-3H3,(H,21,23)(H,22,24). The van der Waals surface area contributed by atoms with Gasteiger partial charge in [0.15, 0.2) is 0 Å². The Morgan fingerprint density at radius 3 is 2.00 bits per heavy atom. The molecule has 2 rings (SSSR count). The lowest BCUT2D eigenvalue weighted by Gasteiger charge is -2.19. The number of hydrazine groups is 1. The Labute approximate surface area is 151 Å². The number of nitrogens with one attached hydrogen (secondary N) is 2. The summed E-state index contributed by atoms with van der Waals surface area (Å²) in [6.45, 7) is 6.29. The third-order valence-electron chi connectivity index (χ3n) is 3.48. The highest BCUT2D eigenvalue weighted by molar-refractivity contribution is 6.36. The van der Waals surface area contributed by atoms with Crippen molar-refractivity contribution in [3.8, 4) is 0 Å². The topological polar surface area (TPSA) is 58.2 Å². The molecule has 0 unspecified atom stereocenters.